The maximum absolute atomic E-state index is 15.0. The highest BCUT2D eigenvalue weighted by atomic mass is 19.1. The van der Waals surface area contributed by atoms with Gasteiger partial charge < -0.3 is 24.6 Å². The number of terminal acetylenes is 1. The molecule has 2 N–H and O–H groups in total. The molecule has 0 saturated carbocycles. The van der Waals surface area contributed by atoms with Crippen molar-refractivity contribution in [3.63, 3.8) is 0 Å². The number of aromatic nitrogens is 4. The molecule has 0 radical (unpaired) electrons. The van der Waals surface area contributed by atoms with Crippen molar-refractivity contribution in [2.45, 2.75) is 57.6 Å². The first-order valence-electron chi connectivity index (χ1n) is 16.8. The average Bonchev–Trinajstić information content (AvgIpc) is 3.79. The normalized spacial score (nSPS) is 20.8. The van der Waals surface area contributed by atoms with Crippen molar-refractivity contribution in [3.05, 3.63) is 54.0 Å². The molecule has 8 rings (SSSR count). The number of hydrogen-bond acceptors (Lipinski definition) is 9. The lowest BCUT2D eigenvalue weighted by Gasteiger charge is -2.32. The Bertz CT molecular complexity index is 2040. The largest absolute Gasteiger partial charge is 0.508 e. The first-order chi connectivity index (χ1) is 23.2. The molecular weight excluding hydrogens is 611 g/mol. The van der Waals surface area contributed by atoms with Gasteiger partial charge >= 0.3 is 6.01 Å². The van der Waals surface area contributed by atoms with E-state index in [-0.39, 0.29) is 29.5 Å². The standard InChI is InChI=1S/C35H35FN6O4.C2H6/c1-3-24-26(36)7-6-22-16-23(43)17-25(30(22)24)29-18-27-31(28-8-11-37-42(28)29)32(40-14-15-45-20-34(2,44)19-40)39-33(38-27)46-21-35-9-4-12-41(35)13-5-10-35;1-2/h1,6-8,11,16-18,43-44H,4-5,9-10,12-15,19-21H2,2H3;1-2H3. The molecule has 0 spiro atoms. The third kappa shape index (κ3) is 5.48. The van der Waals surface area contributed by atoms with Crippen LogP contribution in [0.3, 0.4) is 0 Å². The van der Waals surface area contributed by atoms with E-state index in [1.54, 1.807) is 35.8 Å². The Hall–Kier alpha value is -4.50. The van der Waals surface area contributed by atoms with E-state index >= 15 is 4.39 Å². The van der Waals surface area contributed by atoms with E-state index in [9.17, 15) is 10.2 Å². The van der Waals surface area contributed by atoms with E-state index < -0.39 is 11.4 Å². The highest BCUT2D eigenvalue weighted by Gasteiger charge is 2.45. The molecule has 3 aliphatic rings. The van der Waals surface area contributed by atoms with Gasteiger partial charge in [-0.15, -0.1) is 6.42 Å². The zero-order valence-electron chi connectivity index (χ0n) is 27.7. The fourth-order valence-corrected chi connectivity index (χ4v) is 7.77. The van der Waals surface area contributed by atoms with Crippen molar-refractivity contribution in [2.24, 2.45) is 0 Å². The fraction of sp³-hybridized carbons (Fsp3) is 0.432. The second-order valence-corrected chi connectivity index (χ2v) is 13.1. The molecule has 5 aromatic rings. The van der Waals surface area contributed by atoms with Crippen molar-refractivity contribution in [2.75, 3.05) is 50.9 Å². The number of aliphatic hydroxyl groups is 1. The Morgan fingerprint density at radius 1 is 1.06 bits per heavy atom. The van der Waals surface area contributed by atoms with Crippen LogP contribution in [-0.2, 0) is 4.74 Å². The van der Waals surface area contributed by atoms with Crippen LogP contribution in [0.15, 0.2) is 42.6 Å². The van der Waals surface area contributed by atoms with Gasteiger partial charge in [-0.2, -0.15) is 15.1 Å². The number of hydrogen-bond donors (Lipinski definition) is 2. The van der Waals surface area contributed by atoms with E-state index in [0.29, 0.717) is 65.2 Å². The Balaban J connectivity index is 0.00000179. The number of nitrogens with zero attached hydrogens (tertiary/aromatic N) is 6. The van der Waals surface area contributed by atoms with Crippen LogP contribution in [0.2, 0.25) is 0 Å². The summed E-state index contributed by atoms with van der Waals surface area (Å²) >= 11 is 0. The van der Waals surface area contributed by atoms with Crippen molar-refractivity contribution >= 4 is 33.0 Å². The Morgan fingerprint density at radius 3 is 2.62 bits per heavy atom. The Labute approximate surface area is 279 Å². The summed E-state index contributed by atoms with van der Waals surface area (Å²) in [6.07, 6.45) is 12.0. The number of anilines is 1. The summed E-state index contributed by atoms with van der Waals surface area (Å²) in [5.74, 6) is 2.59. The number of benzene rings is 2. The monoisotopic (exact) mass is 652 g/mol. The summed E-state index contributed by atoms with van der Waals surface area (Å²) in [5, 5.41) is 28.3. The minimum atomic E-state index is -1.10. The quantitative estimate of drug-likeness (QED) is 0.237. The summed E-state index contributed by atoms with van der Waals surface area (Å²) in [6, 6.07) is 10.0. The first kappa shape index (κ1) is 32.1. The molecule has 6 heterocycles. The number of ether oxygens (including phenoxy) is 2. The second-order valence-electron chi connectivity index (χ2n) is 13.1. The van der Waals surface area contributed by atoms with Crippen LogP contribution in [0.25, 0.3) is 38.4 Å². The van der Waals surface area contributed by atoms with Gasteiger partial charge in [-0.3, -0.25) is 4.90 Å². The van der Waals surface area contributed by atoms with Gasteiger partial charge in [0.15, 0.2) is 0 Å². The Morgan fingerprint density at radius 2 is 1.85 bits per heavy atom. The van der Waals surface area contributed by atoms with Gasteiger partial charge in [0.1, 0.15) is 29.6 Å². The molecule has 0 bridgehead atoms. The molecule has 3 aliphatic heterocycles. The van der Waals surface area contributed by atoms with Crippen LogP contribution < -0.4 is 9.64 Å². The number of aromatic hydroxyl groups is 1. The van der Waals surface area contributed by atoms with Crippen LogP contribution in [0.4, 0.5) is 10.2 Å². The molecule has 1 unspecified atom stereocenters. The molecule has 2 aromatic carbocycles. The van der Waals surface area contributed by atoms with E-state index in [1.807, 2.05) is 30.9 Å². The lowest BCUT2D eigenvalue weighted by Crippen LogP contribution is -2.44. The molecule has 3 aromatic heterocycles. The Kier molecular flexibility index (Phi) is 8.36. The molecule has 1 atom stereocenters. The molecule has 250 valence electrons. The summed E-state index contributed by atoms with van der Waals surface area (Å²) in [5.41, 5.74) is 1.35. The third-order valence-corrected chi connectivity index (χ3v) is 9.80. The molecule has 3 saturated heterocycles. The van der Waals surface area contributed by atoms with E-state index in [0.717, 1.165) is 44.2 Å². The molecule has 10 nitrogen and oxygen atoms in total. The lowest BCUT2D eigenvalue weighted by molar-refractivity contribution is -0.0123. The minimum absolute atomic E-state index is 0.00462. The van der Waals surface area contributed by atoms with Crippen LogP contribution in [0.5, 0.6) is 11.8 Å². The number of phenolic OH excluding ortho intramolecular Hbond substituents is 1. The third-order valence-electron chi connectivity index (χ3n) is 9.80. The van der Waals surface area contributed by atoms with Gasteiger partial charge in [0.05, 0.1) is 59.2 Å². The van der Waals surface area contributed by atoms with Crippen molar-refractivity contribution in [3.8, 4) is 35.4 Å². The first-order valence-corrected chi connectivity index (χ1v) is 16.8. The fourth-order valence-electron chi connectivity index (χ4n) is 7.77. The molecule has 11 heteroatoms. The maximum Gasteiger partial charge on any atom is 0.319 e. The van der Waals surface area contributed by atoms with Crippen LogP contribution in [0, 0.1) is 18.2 Å². The maximum atomic E-state index is 15.0. The van der Waals surface area contributed by atoms with Gasteiger partial charge in [-0.05, 0) is 81.4 Å². The van der Waals surface area contributed by atoms with Crippen LogP contribution >= 0.6 is 0 Å². The molecule has 48 heavy (non-hydrogen) atoms. The highest BCUT2D eigenvalue weighted by molar-refractivity contribution is 6.07. The molecule has 3 fully saturated rings. The van der Waals surface area contributed by atoms with Gasteiger partial charge in [0.25, 0.3) is 0 Å². The van der Waals surface area contributed by atoms with E-state index in [2.05, 4.69) is 15.9 Å². The number of phenols is 1. The summed E-state index contributed by atoms with van der Waals surface area (Å²) < 4.78 is 29.0. The van der Waals surface area contributed by atoms with Crippen molar-refractivity contribution in [1.29, 1.82) is 0 Å². The highest BCUT2D eigenvalue weighted by Crippen LogP contribution is 2.41. The zero-order chi connectivity index (χ0) is 33.6. The smallest absolute Gasteiger partial charge is 0.319 e. The predicted molar refractivity (Wildman–Crippen MR) is 184 cm³/mol. The van der Waals surface area contributed by atoms with Gasteiger partial charge in [-0.25, -0.2) is 8.91 Å². The molecular formula is C37H41FN6O4. The molecule has 0 amide bonds. The van der Waals surface area contributed by atoms with Crippen molar-refractivity contribution in [1.82, 2.24) is 24.5 Å². The number of pyridine rings is 1. The number of halogens is 1. The van der Waals surface area contributed by atoms with Gasteiger partial charge in [0, 0.05) is 17.5 Å². The summed E-state index contributed by atoms with van der Waals surface area (Å²) in [4.78, 5) is 14.5. The second kappa shape index (κ2) is 12.5. The van der Waals surface area contributed by atoms with E-state index in [4.69, 9.17) is 25.9 Å². The lowest BCUT2D eigenvalue weighted by atomic mass is 9.95. The minimum Gasteiger partial charge on any atom is -0.508 e. The number of β-amino-alcohol motifs (C(OH)–C–C–N with tert-alkyl or cyclic N) is 1. The zero-order valence-corrected chi connectivity index (χ0v) is 27.7. The number of rotatable bonds is 5. The number of fused-ring (bicyclic) bond motifs is 5. The van der Waals surface area contributed by atoms with Crippen LogP contribution in [-0.4, -0.2) is 91.8 Å². The molecule has 0 aliphatic carbocycles. The van der Waals surface area contributed by atoms with Gasteiger partial charge in [0.2, 0.25) is 0 Å². The predicted octanol–water partition coefficient (Wildman–Crippen LogP) is 5.54. The SMILES string of the molecule is C#Cc1c(F)ccc2cc(O)cc(-c3cc4nc(OCC56CCCN5CCC6)nc(N5CCOCC(C)(O)C5)c4c4ccnn34)c12.CC. The van der Waals surface area contributed by atoms with Crippen LogP contribution in [0.1, 0.15) is 52.0 Å². The topological polar surface area (TPSA) is 108 Å². The van der Waals surface area contributed by atoms with Gasteiger partial charge in [-0.1, -0.05) is 25.8 Å². The van der Waals surface area contributed by atoms with E-state index in [1.165, 1.54) is 6.07 Å². The van der Waals surface area contributed by atoms with Crippen molar-refractivity contribution < 1.29 is 24.1 Å². The summed E-state index contributed by atoms with van der Waals surface area (Å²) in [6.45, 7) is 9.82. The summed E-state index contributed by atoms with van der Waals surface area (Å²) in [7, 11) is 0. The average molecular weight is 653 g/mol.